The van der Waals surface area contributed by atoms with Gasteiger partial charge in [0.1, 0.15) is 5.75 Å². The number of hydrogen-bond acceptors (Lipinski definition) is 4. The van der Waals surface area contributed by atoms with Crippen LogP contribution in [0.5, 0.6) is 5.75 Å². The molecule has 130 valence electrons. The van der Waals surface area contributed by atoms with Gasteiger partial charge in [0.25, 0.3) is 0 Å². The molecule has 23 heavy (non-hydrogen) atoms. The second-order valence-electron chi connectivity index (χ2n) is 4.70. The van der Waals surface area contributed by atoms with Crippen LogP contribution in [0, 0.1) is 0 Å². The summed E-state index contributed by atoms with van der Waals surface area (Å²) in [5.41, 5.74) is 1.07. The number of nitrogens with zero attached hydrogens (tertiary/aromatic N) is 1. The summed E-state index contributed by atoms with van der Waals surface area (Å²) in [6.45, 7) is 1.38. The zero-order valence-electron chi connectivity index (χ0n) is 13.9. The summed E-state index contributed by atoms with van der Waals surface area (Å²) in [4.78, 5) is 15.2. The third-order valence-electron chi connectivity index (χ3n) is 3.19. The van der Waals surface area contributed by atoms with Crippen LogP contribution in [0.1, 0.15) is 24.8 Å². The molecular weight excluding hydrogens is 409 g/mol. The number of carbonyl (C=O) groups is 1. The van der Waals surface area contributed by atoms with E-state index in [1.807, 2.05) is 24.3 Å². The summed E-state index contributed by atoms with van der Waals surface area (Å²) < 4.78 is 9.91. The summed E-state index contributed by atoms with van der Waals surface area (Å²) in [5, 5.41) is 6.45. The molecule has 6 nitrogen and oxygen atoms in total. The van der Waals surface area contributed by atoms with Gasteiger partial charge in [-0.25, -0.2) is 0 Å². The first-order chi connectivity index (χ1) is 10.7. The first-order valence-electron chi connectivity index (χ1n) is 7.34. The molecule has 0 amide bonds. The fourth-order valence-corrected chi connectivity index (χ4v) is 1.95. The maximum atomic E-state index is 11.0. The summed E-state index contributed by atoms with van der Waals surface area (Å²) in [6.07, 6.45) is 2.12. The Labute approximate surface area is 155 Å². The van der Waals surface area contributed by atoms with Gasteiger partial charge in [0.15, 0.2) is 5.96 Å². The monoisotopic (exact) mass is 435 g/mol. The van der Waals surface area contributed by atoms with Crippen LogP contribution >= 0.6 is 24.0 Å². The predicted octanol–water partition coefficient (Wildman–Crippen LogP) is 2.32. The number of esters is 1. The second kappa shape index (κ2) is 13.0. The standard InChI is InChI=1S/C16H25N3O3.HI/c1-17-16(18-11-7-6-10-15(20)22-3)19-12-13-8-4-5-9-14(13)21-2;/h4-5,8-9H,6-7,10-12H2,1-3H3,(H2,17,18,19);1H. The van der Waals surface area contributed by atoms with Gasteiger partial charge >= 0.3 is 5.97 Å². The number of ether oxygens (including phenoxy) is 2. The molecule has 1 aromatic carbocycles. The Morgan fingerprint density at radius 3 is 2.57 bits per heavy atom. The molecule has 0 bridgehead atoms. The van der Waals surface area contributed by atoms with Crippen molar-refractivity contribution in [2.45, 2.75) is 25.8 Å². The average Bonchev–Trinajstić information content (AvgIpc) is 2.57. The van der Waals surface area contributed by atoms with Crippen molar-refractivity contribution in [3.05, 3.63) is 29.8 Å². The number of carbonyl (C=O) groups excluding carboxylic acids is 1. The molecule has 0 aromatic heterocycles. The topological polar surface area (TPSA) is 72.0 Å². The minimum atomic E-state index is -0.168. The molecule has 0 spiro atoms. The van der Waals surface area contributed by atoms with Crippen LogP contribution in [-0.4, -0.2) is 39.7 Å². The van der Waals surface area contributed by atoms with Gasteiger partial charge in [0, 0.05) is 32.1 Å². The van der Waals surface area contributed by atoms with Crippen molar-refractivity contribution in [2.75, 3.05) is 27.8 Å². The third kappa shape index (κ3) is 8.63. The molecule has 1 aromatic rings. The van der Waals surface area contributed by atoms with Gasteiger partial charge in [-0.1, -0.05) is 18.2 Å². The van der Waals surface area contributed by atoms with Crippen LogP contribution in [-0.2, 0) is 16.1 Å². The molecular formula is C16H26IN3O3. The highest BCUT2D eigenvalue weighted by molar-refractivity contribution is 14.0. The van der Waals surface area contributed by atoms with Crippen molar-refractivity contribution >= 4 is 35.9 Å². The number of rotatable bonds is 8. The van der Waals surface area contributed by atoms with Crippen molar-refractivity contribution in [3.8, 4) is 5.75 Å². The largest absolute Gasteiger partial charge is 0.496 e. The molecule has 0 saturated heterocycles. The summed E-state index contributed by atoms with van der Waals surface area (Å²) >= 11 is 0. The van der Waals surface area contributed by atoms with Gasteiger partial charge in [0.2, 0.25) is 0 Å². The zero-order chi connectivity index (χ0) is 16.2. The molecule has 0 unspecified atom stereocenters. The predicted molar refractivity (Wildman–Crippen MR) is 102 cm³/mol. The molecule has 0 saturated carbocycles. The van der Waals surface area contributed by atoms with E-state index >= 15 is 0 Å². The molecule has 0 fully saturated rings. The molecule has 0 radical (unpaired) electrons. The van der Waals surface area contributed by atoms with Gasteiger partial charge in [-0.2, -0.15) is 0 Å². The van der Waals surface area contributed by atoms with E-state index in [0.29, 0.717) is 13.0 Å². The van der Waals surface area contributed by atoms with Crippen molar-refractivity contribution in [1.29, 1.82) is 0 Å². The van der Waals surface area contributed by atoms with Gasteiger partial charge < -0.3 is 20.1 Å². The maximum Gasteiger partial charge on any atom is 0.305 e. The third-order valence-corrected chi connectivity index (χ3v) is 3.19. The fraction of sp³-hybridized carbons (Fsp3) is 0.500. The van der Waals surface area contributed by atoms with E-state index in [1.165, 1.54) is 7.11 Å². The van der Waals surface area contributed by atoms with E-state index in [-0.39, 0.29) is 29.9 Å². The van der Waals surface area contributed by atoms with Crippen molar-refractivity contribution in [1.82, 2.24) is 10.6 Å². The van der Waals surface area contributed by atoms with Crippen molar-refractivity contribution in [3.63, 3.8) is 0 Å². The Morgan fingerprint density at radius 1 is 1.17 bits per heavy atom. The van der Waals surface area contributed by atoms with Crippen LogP contribution in [0.15, 0.2) is 29.3 Å². The number of guanidine groups is 1. The van der Waals surface area contributed by atoms with Gasteiger partial charge in [-0.05, 0) is 18.9 Å². The highest BCUT2D eigenvalue weighted by atomic mass is 127. The molecule has 2 N–H and O–H groups in total. The lowest BCUT2D eigenvalue weighted by atomic mass is 10.2. The molecule has 7 heteroatoms. The van der Waals surface area contributed by atoms with Gasteiger partial charge in [-0.3, -0.25) is 9.79 Å². The van der Waals surface area contributed by atoms with Crippen LogP contribution in [0.25, 0.3) is 0 Å². The average molecular weight is 435 g/mol. The highest BCUT2D eigenvalue weighted by Crippen LogP contribution is 2.16. The number of nitrogens with one attached hydrogen (secondary N) is 2. The second-order valence-corrected chi connectivity index (χ2v) is 4.70. The minimum Gasteiger partial charge on any atom is -0.496 e. The normalized spacial score (nSPS) is 10.5. The minimum absolute atomic E-state index is 0. The lowest BCUT2D eigenvalue weighted by molar-refractivity contribution is -0.140. The van der Waals surface area contributed by atoms with E-state index in [2.05, 4.69) is 20.4 Å². The number of unbranched alkanes of at least 4 members (excludes halogenated alkanes) is 1. The molecule has 0 aliphatic rings. The number of methoxy groups -OCH3 is 2. The quantitative estimate of drug-likeness (QED) is 0.216. The maximum absolute atomic E-state index is 11.0. The molecule has 1 rings (SSSR count). The molecule has 0 aliphatic carbocycles. The lowest BCUT2D eigenvalue weighted by Crippen LogP contribution is -2.37. The Kier molecular flexibility index (Phi) is 12.1. The highest BCUT2D eigenvalue weighted by Gasteiger charge is 2.03. The lowest BCUT2D eigenvalue weighted by Gasteiger charge is -2.13. The Balaban J connectivity index is 0.00000484. The van der Waals surface area contributed by atoms with Gasteiger partial charge in [0.05, 0.1) is 14.2 Å². The van der Waals surface area contributed by atoms with E-state index in [0.717, 1.165) is 36.7 Å². The SMILES string of the molecule is CN=C(NCCCCC(=O)OC)NCc1ccccc1OC.I. The zero-order valence-corrected chi connectivity index (χ0v) is 16.3. The molecule has 0 aliphatic heterocycles. The number of aliphatic imine (C=N–C) groups is 1. The van der Waals surface area contributed by atoms with Crippen LogP contribution in [0.2, 0.25) is 0 Å². The van der Waals surface area contributed by atoms with Crippen molar-refractivity contribution in [2.24, 2.45) is 4.99 Å². The first-order valence-corrected chi connectivity index (χ1v) is 7.34. The van der Waals surface area contributed by atoms with E-state index in [9.17, 15) is 4.79 Å². The fourth-order valence-electron chi connectivity index (χ4n) is 1.95. The van der Waals surface area contributed by atoms with Crippen molar-refractivity contribution < 1.29 is 14.3 Å². The summed E-state index contributed by atoms with van der Waals surface area (Å²) in [5.74, 6) is 1.41. The van der Waals surface area contributed by atoms with E-state index in [1.54, 1.807) is 14.2 Å². The Bertz CT molecular complexity index is 495. The number of para-hydroxylation sites is 1. The van der Waals surface area contributed by atoms with Crippen LogP contribution in [0.4, 0.5) is 0 Å². The number of benzene rings is 1. The summed E-state index contributed by atoms with van der Waals surface area (Å²) in [6, 6.07) is 7.86. The molecule has 0 heterocycles. The van der Waals surface area contributed by atoms with E-state index < -0.39 is 0 Å². The summed E-state index contributed by atoms with van der Waals surface area (Å²) in [7, 11) is 4.80. The first kappa shape index (κ1) is 21.5. The van der Waals surface area contributed by atoms with E-state index in [4.69, 9.17) is 4.74 Å². The number of halogens is 1. The van der Waals surface area contributed by atoms with Crippen LogP contribution in [0.3, 0.4) is 0 Å². The van der Waals surface area contributed by atoms with Crippen LogP contribution < -0.4 is 15.4 Å². The smallest absolute Gasteiger partial charge is 0.305 e. The molecule has 0 atom stereocenters. The Hall–Kier alpha value is -1.51. The van der Waals surface area contributed by atoms with Gasteiger partial charge in [-0.15, -0.1) is 24.0 Å². The number of hydrogen-bond donors (Lipinski definition) is 2. The Morgan fingerprint density at radius 2 is 1.91 bits per heavy atom.